The molecule has 2 heterocycles. The van der Waals surface area contributed by atoms with E-state index in [-0.39, 0.29) is 12.1 Å². The number of benzene rings is 1. The van der Waals surface area contributed by atoms with Gasteiger partial charge < -0.3 is 15.5 Å². The maximum absolute atomic E-state index is 12.1. The Morgan fingerprint density at radius 3 is 2.56 bits per heavy atom. The number of amides is 2. The molecule has 0 atom stereocenters. The van der Waals surface area contributed by atoms with E-state index in [1.165, 1.54) is 5.56 Å². The summed E-state index contributed by atoms with van der Waals surface area (Å²) in [6.45, 7) is 5.93. The zero-order chi connectivity index (χ0) is 19.1. The van der Waals surface area contributed by atoms with Crippen molar-refractivity contribution in [1.82, 2.24) is 15.2 Å². The molecule has 144 valence electrons. The minimum absolute atomic E-state index is 0.125. The van der Waals surface area contributed by atoms with Crippen LogP contribution in [0, 0.1) is 0 Å². The third-order valence-electron chi connectivity index (χ3n) is 5.04. The fourth-order valence-corrected chi connectivity index (χ4v) is 3.27. The first-order chi connectivity index (χ1) is 13.1. The summed E-state index contributed by atoms with van der Waals surface area (Å²) in [5.41, 5.74) is 2.05. The van der Waals surface area contributed by atoms with Gasteiger partial charge in [0.25, 0.3) is 0 Å². The Balaban J connectivity index is 1.41. The molecule has 1 saturated heterocycles. The number of aromatic nitrogens is 1. The van der Waals surface area contributed by atoms with E-state index in [1.807, 2.05) is 43.6 Å². The van der Waals surface area contributed by atoms with E-state index in [9.17, 15) is 4.79 Å². The second-order valence-electron chi connectivity index (χ2n) is 7.05. The molecule has 0 unspecified atom stereocenters. The molecule has 1 aliphatic rings. The highest BCUT2D eigenvalue weighted by atomic mass is 16.2. The molecule has 0 saturated carbocycles. The van der Waals surface area contributed by atoms with Crippen LogP contribution in [0.3, 0.4) is 0 Å². The van der Waals surface area contributed by atoms with Crippen LogP contribution in [0.4, 0.5) is 16.3 Å². The SMILES string of the molecule is CCN(C)c1ccc(CN2CCC(NC(=O)Nc3ccccc3)CC2)cn1. The number of rotatable bonds is 6. The fourth-order valence-electron chi connectivity index (χ4n) is 3.27. The number of urea groups is 1. The topological polar surface area (TPSA) is 60.5 Å². The first-order valence-electron chi connectivity index (χ1n) is 9.65. The van der Waals surface area contributed by atoms with Crippen molar-refractivity contribution in [2.45, 2.75) is 32.4 Å². The minimum atomic E-state index is -0.125. The van der Waals surface area contributed by atoms with Crippen molar-refractivity contribution in [3.63, 3.8) is 0 Å². The van der Waals surface area contributed by atoms with Gasteiger partial charge >= 0.3 is 6.03 Å². The third kappa shape index (κ3) is 5.69. The number of carbonyl (C=O) groups excluding carboxylic acids is 1. The number of piperidine rings is 1. The second kappa shape index (κ2) is 9.37. The van der Waals surface area contributed by atoms with Gasteiger partial charge in [-0.15, -0.1) is 0 Å². The molecular formula is C21H29N5O. The van der Waals surface area contributed by atoms with Crippen LogP contribution in [0.5, 0.6) is 0 Å². The van der Waals surface area contributed by atoms with Gasteiger partial charge in [0, 0.05) is 51.2 Å². The predicted molar refractivity (Wildman–Crippen MR) is 110 cm³/mol. The van der Waals surface area contributed by atoms with Crippen molar-refractivity contribution >= 4 is 17.5 Å². The van der Waals surface area contributed by atoms with Gasteiger partial charge in [-0.05, 0) is 43.5 Å². The number of nitrogens with zero attached hydrogens (tertiary/aromatic N) is 3. The first kappa shape index (κ1) is 19.2. The quantitative estimate of drug-likeness (QED) is 0.822. The van der Waals surface area contributed by atoms with E-state index in [2.05, 4.69) is 44.5 Å². The number of hydrogen-bond donors (Lipinski definition) is 2. The molecule has 2 amide bonds. The third-order valence-corrected chi connectivity index (χ3v) is 5.04. The van der Waals surface area contributed by atoms with Crippen LogP contribution in [0.25, 0.3) is 0 Å². The fraction of sp³-hybridized carbons (Fsp3) is 0.429. The molecule has 6 heteroatoms. The lowest BCUT2D eigenvalue weighted by Crippen LogP contribution is -2.45. The van der Waals surface area contributed by atoms with E-state index in [4.69, 9.17) is 0 Å². The van der Waals surface area contributed by atoms with Gasteiger partial charge in [-0.3, -0.25) is 4.90 Å². The Kier molecular flexibility index (Phi) is 6.65. The van der Waals surface area contributed by atoms with Gasteiger partial charge in [0.1, 0.15) is 5.82 Å². The summed E-state index contributed by atoms with van der Waals surface area (Å²) in [6.07, 6.45) is 3.90. The summed E-state index contributed by atoms with van der Waals surface area (Å²) < 4.78 is 0. The second-order valence-corrected chi connectivity index (χ2v) is 7.05. The molecule has 0 spiro atoms. The average Bonchev–Trinajstić information content (AvgIpc) is 2.70. The summed E-state index contributed by atoms with van der Waals surface area (Å²) >= 11 is 0. The average molecular weight is 367 g/mol. The first-order valence-corrected chi connectivity index (χ1v) is 9.65. The zero-order valence-corrected chi connectivity index (χ0v) is 16.2. The molecule has 1 aromatic heterocycles. The molecule has 0 radical (unpaired) electrons. The van der Waals surface area contributed by atoms with E-state index < -0.39 is 0 Å². The van der Waals surface area contributed by atoms with Crippen LogP contribution in [-0.4, -0.2) is 48.6 Å². The summed E-state index contributed by atoms with van der Waals surface area (Å²) in [6, 6.07) is 13.9. The predicted octanol–water partition coefficient (Wildman–Crippen LogP) is 3.32. The molecule has 2 aromatic rings. The van der Waals surface area contributed by atoms with E-state index in [1.54, 1.807) is 0 Å². The highest BCUT2D eigenvalue weighted by molar-refractivity contribution is 5.89. The van der Waals surface area contributed by atoms with Crippen molar-refractivity contribution in [3.05, 3.63) is 54.2 Å². The molecule has 0 aliphatic carbocycles. The summed E-state index contributed by atoms with van der Waals surface area (Å²) in [5.74, 6) is 1.01. The largest absolute Gasteiger partial charge is 0.360 e. The number of para-hydroxylation sites is 1. The zero-order valence-electron chi connectivity index (χ0n) is 16.2. The Hall–Kier alpha value is -2.60. The highest BCUT2D eigenvalue weighted by Crippen LogP contribution is 2.16. The normalized spacial score (nSPS) is 15.3. The van der Waals surface area contributed by atoms with Gasteiger partial charge in [0.15, 0.2) is 0 Å². The number of carbonyl (C=O) groups is 1. The molecule has 6 nitrogen and oxygen atoms in total. The standard InChI is InChI=1S/C21H29N5O/c1-3-25(2)20-10-9-17(15-22-20)16-26-13-11-19(12-14-26)24-21(27)23-18-7-5-4-6-8-18/h4-10,15,19H,3,11-14,16H2,1-2H3,(H2,23,24,27). The number of pyridine rings is 1. The molecule has 1 aliphatic heterocycles. The maximum atomic E-state index is 12.1. The number of hydrogen-bond acceptors (Lipinski definition) is 4. The Bertz CT molecular complexity index is 711. The molecule has 0 bridgehead atoms. The lowest BCUT2D eigenvalue weighted by molar-refractivity contribution is 0.189. The molecule has 1 aromatic carbocycles. The lowest BCUT2D eigenvalue weighted by atomic mass is 10.0. The van der Waals surface area contributed by atoms with Crippen LogP contribution < -0.4 is 15.5 Å². The van der Waals surface area contributed by atoms with Crippen LogP contribution in [0.1, 0.15) is 25.3 Å². The maximum Gasteiger partial charge on any atom is 0.319 e. The van der Waals surface area contributed by atoms with Gasteiger partial charge in [0.2, 0.25) is 0 Å². The van der Waals surface area contributed by atoms with E-state index in [0.29, 0.717) is 0 Å². The number of nitrogens with one attached hydrogen (secondary N) is 2. The van der Waals surface area contributed by atoms with Crippen molar-refractivity contribution in [2.75, 3.05) is 36.9 Å². The Morgan fingerprint density at radius 1 is 1.19 bits per heavy atom. The van der Waals surface area contributed by atoms with Crippen LogP contribution in [-0.2, 0) is 6.54 Å². The molecular weight excluding hydrogens is 338 g/mol. The molecule has 2 N–H and O–H groups in total. The van der Waals surface area contributed by atoms with Gasteiger partial charge in [0.05, 0.1) is 0 Å². The Labute approximate surface area is 161 Å². The smallest absolute Gasteiger partial charge is 0.319 e. The molecule has 1 fully saturated rings. The summed E-state index contributed by atoms with van der Waals surface area (Å²) in [5, 5.41) is 5.97. The van der Waals surface area contributed by atoms with Gasteiger partial charge in [-0.2, -0.15) is 0 Å². The number of anilines is 2. The monoisotopic (exact) mass is 367 g/mol. The van der Waals surface area contributed by atoms with E-state index >= 15 is 0 Å². The van der Waals surface area contributed by atoms with Gasteiger partial charge in [-0.25, -0.2) is 9.78 Å². The van der Waals surface area contributed by atoms with Crippen LogP contribution in [0.15, 0.2) is 48.7 Å². The van der Waals surface area contributed by atoms with Crippen molar-refractivity contribution < 1.29 is 4.79 Å². The van der Waals surface area contributed by atoms with Crippen LogP contribution >= 0.6 is 0 Å². The highest BCUT2D eigenvalue weighted by Gasteiger charge is 2.20. The molecule has 3 rings (SSSR count). The summed E-state index contributed by atoms with van der Waals surface area (Å²) in [7, 11) is 2.05. The summed E-state index contributed by atoms with van der Waals surface area (Å²) in [4.78, 5) is 21.2. The van der Waals surface area contributed by atoms with Crippen molar-refractivity contribution in [2.24, 2.45) is 0 Å². The van der Waals surface area contributed by atoms with Crippen molar-refractivity contribution in [3.8, 4) is 0 Å². The Morgan fingerprint density at radius 2 is 1.93 bits per heavy atom. The van der Waals surface area contributed by atoms with Gasteiger partial charge in [-0.1, -0.05) is 24.3 Å². The van der Waals surface area contributed by atoms with Crippen LogP contribution in [0.2, 0.25) is 0 Å². The molecule has 27 heavy (non-hydrogen) atoms. The van der Waals surface area contributed by atoms with Crippen molar-refractivity contribution in [1.29, 1.82) is 0 Å². The minimum Gasteiger partial charge on any atom is -0.360 e. The lowest BCUT2D eigenvalue weighted by Gasteiger charge is -2.32. The van der Waals surface area contributed by atoms with E-state index in [0.717, 1.165) is 50.5 Å². The number of likely N-dealkylation sites (tertiary alicyclic amines) is 1.